The average Bonchev–Trinajstić information content (AvgIpc) is 2.88. The standard InChI is InChI=1S/C13H13N5O2S/c1-7-6-21-12(15-7)16-8-4-5-14-10-9(8)11(19)18(3)13(20)17(10)2/h4-6H,1-3H3,(H,14,15,16). The summed E-state index contributed by atoms with van der Waals surface area (Å²) in [4.78, 5) is 32.8. The second-order valence-electron chi connectivity index (χ2n) is 4.68. The van der Waals surface area contributed by atoms with Crippen molar-refractivity contribution in [3.63, 3.8) is 0 Å². The van der Waals surface area contributed by atoms with Crippen molar-refractivity contribution < 1.29 is 0 Å². The normalized spacial score (nSPS) is 11.0. The Labute approximate surface area is 123 Å². The first-order chi connectivity index (χ1) is 9.99. The minimum absolute atomic E-state index is 0.348. The zero-order valence-electron chi connectivity index (χ0n) is 11.7. The molecule has 3 rings (SSSR count). The minimum Gasteiger partial charge on any atom is -0.331 e. The molecule has 0 aliphatic rings. The van der Waals surface area contributed by atoms with E-state index in [9.17, 15) is 9.59 Å². The van der Waals surface area contributed by atoms with Crippen molar-refractivity contribution >= 4 is 33.2 Å². The van der Waals surface area contributed by atoms with E-state index in [-0.39, 0.29) is 5.56 Å². The van der Waals surface area contributed by atoms with E-state index in [0.29, 0.717) is 21.9 Å². The molecule has 0 unspecified atom stereocenters. The van der Waals surface area contributed by atoms with Crippen LogP contribution in [0.3, 0.4) is 0 Å². The van der Waals surface area contributed by atoms with Gasteiger partial charge in [0, 0.05) is 25.7 Å². The van der Waals surface area contributed by atoms with Gasteiger partial charge in [0.25, 0.3) is 5.56 Å². The molecule has 0 aromatic carbocycles. The molecule has 8 heteroatoms. The van der Waals surface area contributed by atoms with Gasteiger partial charge in [0.1, 0.15) is 5.39 Å². The van der Waals surface area contributed by atoms with E-state index >= 15 is 0 Å². The lowest BCUT2D eigenvalue weighted by molar-refractivity contribution is 0.708. The van der Waals surface area contributed by atoms with Gasteiger partial charge in [-0.3, -0.25) is 13.9 Å². The van der Waals surface area contributed by atoms with Gasteiger partial charge in [-0.1, -0.05) is 0 Å². The number of aryl methyl sites for hydroxylation is 2. The first kappa shape index (κ1) is 13.5. The van der Waals surface area contributed by atoms with Gasteiger partial charge in [0.15, 0.2) is 10.8 Å². The third kappa shape index (κ3) is 2.13. The molecule has 0 aliphatic carbocycles. The van der Waals surface area contributed by atoms with E-state index in [1.807, 2.05) is 12.3 Å². The number of hydrogen-bond acceptors (Lipinski definition) is 6. The fraction of sp³-hybridized carbons (Fsp3) is 0.231. The molecule has 1 N–H and O–H groups in total. The molecule has 108 valence electrons. The van der Waals surface area contributed by atoms with Crippen molar-refractivity contribution in [2.24, 2.45) is 14.1 Å². The van der Waals surface area contributed by atoms with Crippen molar-refractivity contribution in [2.45, 2.75) is 6.92 Å². The maximum Gasteiger partial charge on any atom is 0.332 e. The van der Waals surface area contributed by atoms with E-state index in [4.69, 9.17) is 0 Å². The van der Waals surface area contributed by atoms with Gasteiger partial charge >= 0.3 is 5.69 Å². The van der Waals surface area contributed by atoms with E-state index in [1.165, 1.54) is 23.0 Å². The monoisotopic (exact) mass is 303 g/mol. The van der Waals surface area contributed by atoms with Gasteiger partial charge in [-0.2, -0.15) is 0 Å². The summed E-state index contributed by atoms with van der Waals surface area (Å²) in [6.07, 6.45) is 1.56. The predicted molar refractivity (Wildman–Crippen MR) is 82.4 cm³/mol. The van der Waals surface area contributed by atoms with E-state index in [0.717, 1.165) is 10.3 Å². The predicted octanol–water partition coefficient (Wildman–Crippen LogP) is 1.14. The molecule has 3 aromatic rings. The summed E-state index contributed by atoms with van der Waals surface area (Å²) in [7, 11) is 3.04. The number of anilines is 2. The topological polar surface area (TPSA) is 81.8 Å². The highest BCUT2D eigenvalue weighted by atomic mass is 32.1. The fourth-order valence-electron chi connectivity index (χ4n) is 2.12. The second-order valence-corrected chi connectivity index (χ2v) is 5.54. The Morgan fingerprint density at radius 2 is 2.00 bits per heavy atom. The van der Waals surface area contributed by atoms with Crippen LogP contribution in [-0.2, 0) is 14.1 Å². The van der Waals surface area contributed by atoms with Crippen LogP contribution in [-0.4, -0.2) is 19.1 Å². The lowest BCUT2D eigenvalue weighted by Gasteiger charge is -2.10. The third-order valence-electron chi connectivity index (χ3n) is 3.20. The number of thiazole rings is 1. The number of nitrogens with zero attached hydrogens (tertiary/aromatic N) is 4. The zero-order valence-corrected chi connectivity index (χ0v) is 12.6. The molecule has 0 atom stereocenters. The van der Waals surface area contributed by atoms with Crippen LogP contribution in [0.4, 0.5) is 10.8 Å². The van der Waals surface area contributed by atoms with E-state index < -0.39 is 5.69 Å². The quantitative estimate of drug-likeness (QED) is 0.768. The minimum atomic E-state index is -0.401. The van der Waals surface area contributed by atoms with Crippen LogP contribution < -0.4 is 16.6 Å². The molecule has 0 radical (unpaired) electrons. The highest BCUT2D eigenvalue weighted by Crippen LogP contribution is 2.24. The van der Waals surface area contributed by atoms with Gasteiger partial charge in [-0.25, -0.2) is 14.8 Å². The Morgan fingerprint density at radius 3 is 2.67 bits per heavy atom. The summed E-state index contributed by atoms with van der Waals surface area (Å²) in [5.74, 6) is 0. The molecule has 21 heavy (non-hydrogen) atoms. The van der Waals surface area contributed by atoms with Crippen LogP contribution in [0.15, 0.2) is 27.2 Å². The second kappa shape index (κ2) is 4.81. The Balaban J connectivity index is 2.29. The molecule has 3 aromatic heterocycles. The van der Waals surface area contributed by atoms with Gasteiger partial charge < -0.3 is 5.32 Å². The molecule has 0 spiro atoms. The summed E-state index contributed by atoms with van der Waals surface area (Å²) in [6, 6.07) is 1.70. The zero-order chi connectivity index (χ0) is 15.1. The van der Waals surface area contributed by atoms with Crippen LogP contribution in [0.5, 0.6) is 0 Å². The molecule has 0 amide bonds. The van der Waals surface area contributed by atoms with Gasteiger partial charge in [-0.15, -0.1) is 11.3 Å². The van der Waals surface area contributed by atoms with Crippen LogP contribution in [0.2, 0.25) is 0 Å². The number of hydrogen-bond donors (Lipinski definition) is 1. The van der Waals surface area contributed by atoms with Gasteiger partial charge in [-0.05, 0) is 13.0 Å². The Hall–Kier alpha value is -2.48. The van der Waals surface area contributed by atoms with E-state index in [1.54, 1.807) is 19.3 Å². The van der Waals surface area contributed by atoms with E-state index in [2.05, 4.69) is 15.3 Å². The van der Waals surface area contributed by atoms with Crippen molar-refractivity contribution in [2.75, 3.05) is 5.32 Å². The largest absolute Gasteiger partial charge is 0.332 e. The molecule has 0 saturated heterocycles. The fourth-order valence-corrected chi connectivity index (χ4v) is 2.82. The highest BCUT2D eigenvalue weighted by molar-refractivity contribution is 7.13. The summed E-state index contributed by atoms with van der Waals surface area (Å²) < 4.78 is 2.43. The molecular weight excluding hydrogens is 290 g/mol. The SMILES string of the molecule is Cc1csc(Nc2ccnc3c2c(=O)n(C)c(=O)n3C)n1. The van der Waals surface area contributed by atoms with Crippen LogP contribution in [0.1, 0.15) is 5.69 Å². The Bertz CT molecular complexity index is 953. The Morgan fingerprint density at radius 1 is 1.24 bits per heavy atom. The molecular formula is C13H13N5O2S. The first-order valence-electron chi connectivity index (χ1n) is 6.23. The number of nitrogens with one attached hydrogen (secondary N) is 1. The summed E-state index contributed by atoms with van der Waals surface area (Å²) >= 11 is 1.45. The maximum atomic E-state index is 12.4. The molecule has 0 fully saturated rings. The van der Waals surface area contributed by atoms with Crippen LogP contribution in [0.25, 0.3) is 11.0 Å². The summed E-state index contributed by atoms with van der Waals surface area (Å²) in [6.45, 7) is 1.90. The number of fused-ring (bicyclic) bond motifs is 1. The molecule has 0 aliphatic heterocycles. The summed E-state index contributed by atoms with van der Waals surface area (Å²) in [5.41, 5.74) is 1.06. The number of rotatable bonds is 2. The molecule has 3 heterocycles. The first-order valence-corrected chi connectivity index (χ1v) is 7.11. The Kier molecular flexibility index (Phi) is 3.09. The molecule has 0 bridgehead atoms. The number of pyridine rings is 1. The van der Waals surface area contributed by atoms with Crippen LogP contribution in [0, 0.1) is 6.92 Å². The average molecular weight is 303 g/mol. The summed E-state index contributed by atoms with van der Waals surface area (Å²) in [5, 5.41) is 6.10. The lowest BCUT2D eigenvalue weighted by Crippen LogP contribution is -2.37. The van der Waals surface area contributed by atoms with Crippen LogP contribution >= 0.6 is 11.3 Å². The van der Waals surface area contributed by atoms with Crippen molar-refractivity contribution in [3.8, 4) is 0 Å². The number of aromatic nitrogens is 4. The maximum absolute atomic E-state index is 12.4. The molecule has 0 saturated carbocycles. The van der Waals surface area contributed by atoms with Crippen molar-refractivity contribution in [1.82, 2.24) is 19.1 Å². The highest BCUT2D eigenvalue weighted by Gasteiger charge is 2.14. The smallest absolute Gasteiger partial charge is 0.331 e. The lowest BCUT2D eigenvalue weighted by atomic mass is 10.2. The van der Waals surface area contributed by atoms with Crippen molar-refractivity contribution in [3.05, 3.63) is 44.2 Å². The molecule has 7 nitrogen and oxygen atoms in total. The third-order valence-corrected chi connectivity index (χ3v) is 4.08. The van der Waals surface area contributed by atoms with Gasteiger partial charge in [0.05, 0.1) is 11.4 Å². The van der Waals surface area contributed by atoms with Gasteiger partial charge in [0.2, 0.25) is 0 Å². The van der Waals surface area contributed by atoms with Crippen molar-refractivity contribution in [1.29, 1.82) is 0 Å².